The van der Waals surface area contributed by atoms with Gasteiger partial charge in [0.25, 0.3) is 0 Å². The van der Waals surface area contributed by atoms with Crippen molar-refractivity contribution in [1.82, 2.24) is 0 Å². The Hall–Kier alpha value is -0.910. The molecule has 1 atom stereocenters. The Labute approximate surface area is 107 Å². The van der Waals surface area contributed by atoms with Gasteiger partial charge in [0.2, 0.25) is 5.91 Å². The van der Waals surface area contributed by atoms with Gasteiger partial charge in [0.05, 0.1) is 6.61 Å². The predicted molar refractivity (Wildman–Crippen MR) is 69.8 cm³/mol. The highest BCUT2D eigenvalue weighted by atomic mass is 35.5. The van der Waals surface area contributed by atoms with E-state index < -0.39 is 10.8 Å². The number of amides is 1. The highest BCUT2D eigenvalue weighted by Crippen LogP contribution is 2.19. The first kappa shape index (κ1) is 14.2. The number of nitrogens with one attached hydrogen (secondary N) is 1. The Morgan fingerprint density at radius 2 is 2.24 bits per heavy atom. The van der Waals surface area contributed by atoms with Crippen LogP contribution in [-0.2, 0) is 15.6 Å². The van der Waals surface area contributed by atoms with Crippen molar-refractivity contribution in [2.45, 2.75) is 6.92 Å². The van der Waals surface area contributed by atoms with E-state index in [0.29, 0.717) is 10.7 Å². The Morgan fingerprint density at radius 3 is 2.88 bits per heavy atom. The third kappa shape index (κ3) is 4.85. The number of aliphatic hydroxyl groups is 1. The summed E-state index contributed by atoms with van der Waals surface area (Å²) in [7, 11) is -1.33. The lowest BCUT2D eigenvalue weighted by atomic mass is 10.2. The summed E-state index contributed by atoms with van der Waals surface area (Å²) in [4.78, 5) is 11.5. The van der Waals surface area contributed by atoms with Crippen LogP contribution in [0.15, 0.2) is 18.2 Å². The number of rotatable bonds is 5. The molecule has 0 saturated heterocycles. The number of aryl methyl sites for hydroxylation is 1. The minimum absolute atomic E-state index is 0.113. The number of carbonyl (C=O) groups is 1. The maximum Gasteiger partial charge on any atom is 0.236 e. The van der Waals surface area contributed by atoms with Crippen molar-refractivity contribution in [3.05, 3.63) is 28.8 Å². The molecule has 0 bridgehead atoms. The second-order valence-electron chi connectivity index (χ2n) is 3.52. The van der Waals surface area contributed by atoms with Crippen LogP contribution in [-0.4, -0.2) is 33.3 Å². The zero-order valence-electron chi connectivity index (χ0n) is 9.40. The number of benzene rings is 1. The molecule has 94 valence electrons. The molecule has 0 aliphatic heterocycles. The summed E-state index contributed by atoms with van der Waals surface area (Å²) in [5.74, 6) is -0.351. The van der Waals surface area contributed by atoms with Crippen LogP contribution in [0, 0.1) is 6.92 Å². The molecule has 0 aliphatic carbocycles. The van der Waals surface area contributed by atoms with Gasteiger partial charge in [-0.05, 0) is 24.6 Å². The first-order valence-electron chi connectivity index (χ1n) is 5.04. The molecule has 0 heterocycles. The van der Waals surface area contributed by atoms with E-state index in [1.807, 2.05) is 6.92 Å². The Balaban J connectivity index is 2.62. The smallest absolute Gasteiger partial charge is 0.236 e. The van der Waals surface area contributed by atoms with Crippen molar-refractivity contribution in [3.63, 3.8) is 0 Å². The van der Waals surface area contributed by atoms with Crippen LogP contribution in [0.4, 0.5) is 5.69 Å². The van der Waals surface area contributed by atoms with Gasteiger partial charge in [-0.1, -0.05) is 17.7 Å². The van der Waals surface area contributed by atoms with Crippen LogP contribution in [0.25, 0.3) is 0 Å². The molecule has 2 N–H and O–H groups in total. The summed E-state index contributed by atoms with van der Waals surface area (Å²) >= 11 is 5.81. The van der Waals surface area contributed by atoms with Crippen molar-refractivity contribution in [3.8, 4) is 0 Å². The third-order valence-corrected chi connectivity index (χ3v) is 3.54. The first-order chi connectivity index (χ1) is 8.02. The number of hydrogen-bond donors (Lipinski definition) is 2. The first-order valence-corrected chi connectivity index (χ1v) is 6.91. The van der Waals surface area contributed by atoms with Crippen LogP contribution < -0.4 is 5.32 Å². The SMILES string of the molecule is Cc1ccc(Cl)cc1NC(=O)CS(=O)CCO. The Kier molecular flexibility index (Phi) is 5.61. The fraction of sp³-hybridized carbons (Fsp3) is 0.364. The number of anilines is 1. The van der Waals surface area contributed by atoms with Crippen LogP contribution in [0.1, 0.15) is 5.56 Å². The van der Waals surface area contributed by atoms with Crippen molar-refractivity contribution < 1.29 is 14.1 Å². The normalized spacial score (nSPS) is 12.2. The van der Waals surface area contributed by atoms with E-state index >= 15 is 0 Å². The summed E-state index contributed by atoms with van der Waals surface area (Å²) in [5.41, 5.74) is 1.50. The molecule has 6 heteroatoms. The number of hydrogen-bond acceptors (Lipinski definition) is 3. The minimum Gasteiger partial charge on any atom is -0.395 e. The second kappa shape index (κ2) is 6.74. The van der Waals surface area contributed by atoms with E-state index in [0.717, 1.165) is 5.56 Å². The van der Waals surface area contributed by atoms with Gasteiger partial charge in [0.1, 0.15) is 5.75 Å². The molecule has 0 radical (unpaired) electrons. The monoisotopic (exact) mass is 275 g/mol. The average molecular weight is 276 g/mol. The Morgan fingerprint density at radius 1 is 1.53 bits per heavy atom. The topological polar surface area (TPSA) is 66.4 Å². The van der Waals surface area contributed by atoms with Crippen LogP contribution in [0.3, 0.4) is 0 Å². The van der Waals surface area contributed by atoms with Crippen molar-refractivity contribution in [1.29, 1.82) is 0 Å². The van der Waals surface area contributed by atoms with Crippen molar-refractivity contribution >= 4 is 34.0 Å². The lowest BCUT2D eigenvalue weighted by Crippen LogP contribution is -2.22. The van der Waals surface area contributed by atoms with Gasteiger partial charge >= 0.3 is 0 Å². The van der Waals surface area contributed by atoms with Gasteiger partial charge in [0.15, 0.2) is 0 Å². The van der Waals surface area contributed by atoms with E-state index in [-0.39, 0.29) is 24.0 Å². The van der Waals surface area contributed by atoms with Crippen molar-refractivity contribution in [2.24, 2.45) is 0 Å². The van der Waals surface area contributed by atoms with E-state index in [4.69, 9.17) is 16.7 Å². The molecule has 0 aromatic heterocycles. The van der Waals surface area contributed by atoms with E-state index in [1.165, 1.54) is 0 Å². The zero-order valence-corrected chi connectivity index (χ0v) is 11.0. The fourth-order valence-electron chi connectivity index (χ4n) is 1.24. The van der Waals surface area contributed by atoms with Crippen LogP contribution >= 0.6 is 11.6 Å². The molecule has 1 amide bonds. The molecule has 1 rings (SSSR count). The lowest BCUT2D eigenvalue weighted by molar-refractivity contribution is -0.113. The number of carbonyl (C=O) groups excluding carboxylic acids is 1. The molecule has 0 saturated carbocycles. The third-order valence-electron chi connectivity index (χ3n) is 2.08. The molecule has 0 fully saturated rings. The molecule has 1 aromatic carbocycles. The van der Waals surface area contributed by atoms with E-state index in [1.54, 1.807) is 18.2 Å². The highest BCUT2D eigenvalue weighted by Gasteiger charge is 2.09. The standard InChI is InChI=1S/C11H14ClNO3S/c1-8-2-3-9(12)6-10(8)13-11(15)7-17(16)5-4-14/h2-3,6,14H,4-5,7H2,1H3,(H,13,15). The summed E-state index contributed by atoms with van der Waals surface area (Å²) < 4.78 is 11.3. The van der Waals surface area contributed by atoms with Gasteiger partial charge < -0.3 is 10.4 Å². The molecular weight excluding hydrogens is 262 g/mol. The summed E-state index contributed by atoms with van der Waals surface area (Å²) in [6.45, 7) is 1.66. The molecule has 4 nitrogen and oxygen atoms in total. The largest absolute Gasteiger partial charge is 0.395 e. The number of aliphatic hydroxyl groups excluding tert-OH is 1. The highest BCUT2D eigenvalue weighted by molar-refractivity contribution is 7.85. The van der Waals surface area contributed by atoms with Crippen LogP contribution in [0.5, 0.6) is 0 Å². The molecule has 17 heavy (non-hydrogen) atoms. The fourth-order valence-corrected chi connectivity index (χ4v) is 2.12. The maximum absolute atomic E-state index is 11.5. The zero-order chi connectivity index (χ0) is 12.8. The van der Waals surface area contributed by atoms with Crippen LogP contribution in [0.2, 0.25) is 5.02 Å². The van der Waals surface area contributed by atoms with E-state index in [9.17, 15) is 9.00 Å². The van der Waals surface area contributed by atoms with Gasteiger partial charge in [-0.25, -0.2) is 0 Å². The lowest BCUT2D eigenvalue weighted by Gasteiger charge is -2.08. The predicted octanol–water partition coefficient (Wildman–Crippen LogP) is 1.33. The minimum atomic E-state index is -1.33. The number of halogens is 1. The summed E-state index contributed by atoms with van der Waals surface area (Å²) in [6, 6.07) is 5.17. The molecular formula is C11H14ClNO3S. The van der Waals surface area contributed by atoms with Gasteiger partial charge in [0, 0.05) is 27.3 Å². The molecule has 0 aliphatic rings. The Bertz CT molecular complexity index is 437. The summed E-state index contributed by atoms with van der Waals surface area (Å²) in [6.07, 6.45) is 0. The van der Waals surface area contributed by atoms with Gasteiger partial charge in [-0.3, -0.25) is 9.00 Å². The van der Waals surface area contributed by atoms with Gasteiger partial charge in [-0.2, -0.15) is 0 Å². The average Bonchev–Trinajstić information content (AvgIpc) is 2.23. The molecule has 1 unspecified atom stereocenters. The maximum atomic E-state index is 11.5. The van der Waals surface area contributed by atoms with Crippen molar-refractivity contribution in [2.75, 3.05) is 23.4 Å². The second-order valence-corrected chi connectivity index (χ2v) is 5.53. The quantitative estimate of drug-likeness (QED) is 0.852. The molecule has 0 spiro atoms. The van der Waals surface area contributed by atoms with Gasteiger partial charge in [-0.15, -0.1) is 0 Å². The van der Waals surface area contributed by atoms with E-state index in [2.05, 4.69) is 5.32 Å². The summed E-state index contributed by atoms with van der Waals surface area (Å²) in [5, 5.41) is 11.7. The molecule has 1 aromatic rings.